The van der Waals surface area contributed by atoms with Gasteiger partial charge >= 0.3 is 6.01 Å². The highest BCUT2D eigenvalue weighted by molar-refractivity contribution is 5.16. The van der Waals surface area contributed by atoms with Gasteiger partial charge in [0.05, 0.1) is 7.11 Å². The molecule has 0 aliphatic heterocycles. The van der Waals surface area contributed by atoms with Gasteiger partial charge in [-0.25, -0.2) is 9.97 Å². The van der Waals surface area contributed by atoms with Gasteiger partial charge in [0.2, 0.25) is 0 Å². The maximum absolute atomic E-state index is 4.98. The number of methoxy groups -OCH3 is 1. The molecule has 0 spiro atoms. The fraction of sp³-hybridized carbons (Fsp3) is 0.231. The van der Waals surface area contributed by atoms with Crippen LogP contribution in [0.25, 0.3) is 0 Å². The number of hydrogen-bond donors (Lipinski definition) is 0. The van der Waals surface area contributed by atoms with Crippen molar-refractivity contribution in [3.63, 3.8) is 0 Å². The van der Waals surface area contributed by atoms with E-state index in [1.807, 2.05) is 12.1 Å². The molecule has 0 fully saturated rings. The smallest absolute Gasteiger partial charge is 0.316 e. The van der Waals surface area contributed by atoms with E-state index in [2.05, 4.69) is 34.2 Å². The first-order valence-corrected chi connectivity index (χ1v) is 5.28. The first-order chi connectivity index (χ1) is 7.88. The van der Waals surface area contributed by atoms with E-state index in [4.69, 9.17) is 4.74 Å². The second-order valence-corrected chi connectivity index (χ2v) is 3.52. The number of hydrogen-bond acceptors (Lipinski definition) is 3. The van der Waals surface area contributed by atoms with Crippen LogP contribution in [0.4, 0.5) is 0 Å². The van der Waals surface area contributed by atoms with Gasteiger partial charge in [-0.3, -0.25) is 0 Å². The topological polar surface area (TPSA) is 35.0 Å². The summed E-state index contributed by atoms with van der Waals surface area (Å²) in [6, 6.07) is 12.7. The van der Waals surface area contributed by atoms with Crippen molar-refractivity contribution >= 4 is 0 Å². The van der Waals surface area contributed by atoms with Crippen LogP contribution in [0.15, 0.2) is 42.6 Å². The molecule has 2 rings (SSSR count). The summed E-state index contributed by atoms with van der Waals surface area (Å²) >= 11 is 0. The minimum atomic E-state index is 0.436. The Hall–Kier alpha value is -1.90. The van der Waals surface area contributed by atoms with Crippen LogP contribution in [0, 0.1) is 0 Å². The Labute approximate surface area is 95.1 Å². The third-order valence-electron chi connectivity index (χ3n) is 2.39. The standard InChI is InChI=1S/C13H14N2O/c1-16-13-14-10-9-12(15-13)8-7-11-5-3-2-4-6-11/h2-6,9-10H,7-8H2,1H3. The van der Waals surface area contributed by atoms with Crippen molar-refractivity contribution in [3.05, 3.63) is 53.9 Å². The van der Waals surface area contributed by atoms with Crippen molar-refractivity contribution in [3.8, 4) is 6.01 Å². The molecule has 3 nitrogen and oxygen atoms in total. The average Bonchev–Trinajstić information content (AvgIpc) is 2.38. The maximum atomic E-state index is 4.98. The Morgan fingerprint density at radius 1 is 1.06 bits per heavy atom. The van der Waals surface area contributed by atoms with Crippen molar-refractivity contribution in [2.24, 2.45) is 0 Å². The summed E-state index contributed by atoms with van der Waals surface area (Å²) in [4.78, 5) is 8.25. The fourth-order valence-corrected chi connectivity index (χ4v) is 1.53. The molecule has 0 N–H and O–H groups in total. The Morgan fingerprint density at radius 2 is 1.88 bits per heavy atom. The molecule has 1 aromatic carbocycles. The monoisotopic (exact) mass is 214 g/mol. The molecule has 0 radical (unpaired) electrons. The predicted octanol–water partition coefficient (Wildman–Crippen LogP) is 2.27. The number of rotatable bonds is 4. The van der Waals surface area contributed by atoms with Gasteiger partial charge in [0, 0.05) is 11.9 Å². The second kappa shape index (κ2) is 5.26. The van der Waals surface area contributed by atoms with E-state index in [-0.39, 0.29) is 0 Å². The van der Waals surface area contributed by atoms with E-state index in [1.165, 1.54) is 5.56 Å². The summed E-state index contributed by atoms with van der Waals surface area (Å²) < 4.78 is 4.98. The summed E-state index contributed by atoms with van der Waals surface area (Å²) in [5.41, 5.74) is 2.33. The van der Waals surface area contributed by atoms with Gasteiger partial charge < -0.3 is 4.74 Å². The number of aryl methyl sites for hydroxylation is 2. The Balaban J connectivity index is 1.99. The summed E-state index contributed by atoms with van der Waals surface area (Å²) in [5.74, 6) is 0. The first kappa shape index (κ1) is 10.6. The van der Waals surface area contributed by atoms with Crippen LogP contribution in [0.1, 0.15) is 11.3 Å². The molecule has 1 aromatic heterocycles. The minimum Gasteiger partial charge on any atom is -0.467 e. The van der Waals surface area contributed by atoms with Crippen LogP contribution in [-0.2, 0) is 12.8 Å². The maximum Gasteiger partial charge on any atom is 0.316 e. The molecule has 0 saturated heterocycles. The molecule has 2 aromatic rings. The molecule has 0 atom stereocenters. The highest BCUT2D eigenvalue weighted by Crippen LogP contribution is 2.07. The van der Waals surface area contributed by atoms with E-state index in [9.17, 15) is 0 Å². The molecule has 0 aliphatic rings. The van der Waals surface area contributed by atoms with Gasteiger partial charge in [-0.05, 0) is 24.5 Å². The number of aromatic nitrogens is 2. The summed E-state index contributed by atoms with van der Waals surface area (Å²) in [6.45, 7) is 0. The number of nitrogens with zero attached hydrogens (tertiary/aromatic N) is 2. The minimum absolute atomic E-state index is 0.436. The molecular formula is C13H14N2O. The van der Waals surface area contributed by atoms with Gasteiger partial charge in [-0.1, -0.05) is 30.3 Å². The SMILES string of the molecule is COc1nccc(CCc2ccccc2)n1. The van der Waals surface area contributed by atoms with E-state index in [1.54, 1.807) is 13.3 Å². The largest absolute Gasteiger partial charge is 0.467 e. The lowest BCUT2D eigenvalue weighted by molar-refractivity contribution is 0.378. The highest BCUT2D eigenvalue weighted by Gasteiger charge is 1.99. The van der Waals surface area contributed by atoms with Crippen molar-refractivity contribution in [1.82, 2.24) is 9.97 Å². The molecule has 0 bridgehead atoms. The lowest BCUT2D eigenvalue weighted by atomic mass is 10.1. The van der Waals surface area contributed by atoms with Crippen LogP contribution in [0.3, 0.4) is 0 Å². The number of benzene rings is 1. The molecule has 0 unspecified atom stereocenters. The van der Waals surface area contributed by atoms with Crippen LogP contribution in [-0.4, -0.2) is 17.1 Å². The van der Waals surface area contributed by atoms with Crippen molar-refractivity contribution in [1.29, 1.82) is 0 Å². The predicted molar refractivity (Wildman–Crippen MR) is 62.4 cm³/mol. The lowest BCUT2D eigenvalue weighted by Gasteiger charge is -2.02. The zero-order chi connectivity index (χ0) is 11.2. The molecular weight excluding hydrogens is 200 g/mol. The Kier molecular flexibility index (Phi) is 3.49. The van der Waals surface area contributed by atoms with E-state index >= 15 is 0 Å². The molecule has 1 heterocycles. The van der Waals surface area contributed by atoms with Crippen molar-refractivity contribution < 1.29 is 4.74 Å². The van der Waals surface area contributed by atoms with Crippen molar-refractivity contribution in [2.75, 3.05) is 7.11 Å². The van der Waals surface area contributed by atoms with Gasteiger partial charge in [0.15, 0.2) is 0 Å². The third kappa shape index (κ3) is 2.79. The quantitative estimate of drug-likeness (QED) is 0.783. The third-order valence-corrected chi connectivity index (χ3v) is 2.39. The Bertz CT molecular complexity index is 443. The van der Waals surface area contributed by atoms with Gasteiger partial charge in [0.1, 0.15) is 0 Å². The van der Waals surface area contributed by atoms with Gasteiger partial charge in [0.25, 0.3) is 0 Å². The van der Waals surface area contributed by atoms with Crippen molar-refractivity contribution in [2.45, 2.75) is 12.8 Å². The van der Waals surface area contributed by atoms with Crippen LogP contribution >= 0.6 is 0 Å². The van der Waals surface area contributed by atoms with Crippen LogP contribution in [0.5, 0.6) is 6.01 Å². The summed E-state index contributed by atoms with van der Waals surface area (Å²) in [7, 11) is 1.58. The molecule has 16 heavy (non-hydrogen) atoms. The normalized spacial score (nSPS) is 10.1. The Morgan fingerprint density at radius 3 is 2.62 bits per heavy atom. The van der Waals surface area contributed by atoms with Gasteiger partial charge in [-0.15, -0.1) is 0 Å². The zero-order valence-corrected chi connectivity index (χ0v) is 9.26. The summed E-state index contributed by atoms with van der Waals surface area (Å²) in [6.07, 6.45) is 3.62. The molecule has 3 heteroatoms. The average molecular weight is 214 g/mol. The highest BCUT2D eigenvalue weighted by atomic mass is 16.5. The fourth-order valence-electron chi connectivity index (χ4n) is 1.53. The van der Waals surface area contributed by atoms with E-state index in [0.29, 0.717) is 6.01 Å². The van der Waals surface area contributed by atoms with Crippen LogP contribution in [0.2, 0.25) is 0 Å². The first-order valence-electron chi connectivity index (χ1n) is 5.28. The van der Waals surface area contributed by atoms with Crippen LogP contribution < -0.4 is 4.74 Å². The van der Waals surface area contributed by atoms with Gasteiger partial charge in [-0.2, -0.15) is 0 Å². The molecule has 82 valence electrons. The van der Waals surface area contributed by atoms with E-state index in [0.717, 1.165) is 18.5 Å². The lowest BCUT2D eigenvalue weighted by Crippen LogP contribution is -1.98. The second-order valence-electron chi connectivity index (χ2n) is 3.52. The molecule has 0 aliphatic carbocycles. The van der Waals surface area contributed by atoms with E-state index < -0.39 is 0 Å². The number of ether oxygens (including phenoxy) is 1. The zero-order valence-electron chi connectivity index (χ0n) is 9.26. The summed E-state index contributed by atoms with van der Waals surface area (Å²) in [5, 5.41) is 0. The molecule has 0 amide bonds. The molecule has 0 saturated carbocycles.